The topological polar surface area (TPSA) is 114 Å². The SMILES string of the molecule is CCCCC(=O)OC1(O)N(O)c2cc(Cl)c(Cl)c(O)c2N1O. The Morgan fingerprint density at radius 2 is 2.00 bits per heavy atom. The van der Waals surface area contributed by atoms with E-state index in [2.05, 4.69) is 0 Å². The van der Waals surface area contributed by atoms with Crippen molar-refractivity contribution in [3.63, 3.8) is 0 Å². The number of unbranched alkanes of at least 4 members (excludes halogenated alkanes) is 1. The van der Waals surface area contributed by atoms with E-state index in [1.807, 2.05) is 6.92 Å². The third-order valence-corrected chi connectivity index (χ3v) is 3.90. The number of halogens is 2. The van der Waals surface area contributed by atoms with Crippen LogP contribution in [0.4, 0.5) is 11.4 Å². The number of nitrogens with zero attached hydrogens (tertiary/aromatic N) is 2. The molecule has 0 bridgehead atoms. The molecule has 1 aromatic rings. The molecule has 1 unspecified atom stereocenters. The number of phenols is 1. The van der Waals surface area contributed by atoms with Gasteiger partial charge in [-0.15, -0.1) is 0 Å². The first-order valence-corrected chi connectivity index (χ1v) is 7.13. The fourth-order valence-electron chi connectivity index (χ4n) is 1.96. The number of phenolic OH excluding ortho intramolecular Hbond substituents is 1. The van der Waals surface area contributed by atoms with Crippen LogP contribution >= 0.6 is 23.2 Å². The number of hydrogen-bond acceptors (Lipinski definition) is 8. The highest BCUT2D eigenvalue weighted by Crippen LogP contribution is 2.52. The van der Waals surface area contributed by atoms with Crippen molar-refractivity contribution in [2.24, 2.45) is 0 Å². The molecule has 0 spiro atoms. The molecule has 1 heterocycles. The van der Waals surface area contributed by atoms with Crippen LogP contribution in [0, 0.1) is 0 Å². The number of ether oxygens (including phenoxy) is 1. The molecular formula is C12H14Cl2N2O6. The van der Waals surface area contributed by atoms with Crippen molar-refractivity contribution in [1.82, 2.24) is 0 Å². The van der Waals surface area contributed by atoms with Crippen molar-refractivity contribution in [3.05, 3.63) is 16.1 Å². The van der Waals surface area contributed by atoms with E-state index in [0.717, 1.165) is 6.07 Å². The highest BCUT2D eigenvalue weighted by atomic mass is 35.5. The van der Waals surface area contributed by atoms with Crippen LogP contribution in [0.1, 0.15) is 26.2 Å². The molecule has 0 saturated heterocycles. The molecule has 0 aliphatic carbocycles. The van der Waals surface area contributed by atoms with E-state index in [9.17, 15) is 25.4 Å². The van der Waals surface area contributed by atoms with Crippen LogP contribution in [-0.4, -0.2) is 32.6 Å². The second-order valence-electron chi connectivity index (χ2n) is 4.66. The minimum Gasteiger partial charge on any atom is -0.504 e. The minimum atomic E-state index is -2.93. The molecule has 0 aromatic heterocycles. The van der Waals surface area contributed by atoms with Crippen LogP contribution in [0.3, 0.4) is 0 Å². The van der Waals surface area contributed by atoms with Gasteiger partial charge in [-0.05, 0) is 12.5 Å². The molecule has 22 heavy (non-hydrogen) atoms. The van der Waals surface area contributed by atoms with E-state index in [0.29, 0.717) is 12.8 Å². The lowest BCUT2D eigenvalue weighted by Gasteiger charge is -2.31. The summed E-state index contributed by atoms with van der Waals surface area (Å²) >= 11 is 11.5. The first kappa shape index (κ1) is 16.9. The maximum atomic E-state index is 11.7. The van der Waals surface area contributed by atoms with Crippen molar-refractivity contribution in [2.75, 3.05) is 10.1 Å². The number of carbonyl (C=O) groups is 1. The number of fused-ring (bicyclic) bond motifs is 1. The van der Waals surface area contributed by atoms with E-state index in [4.69, 9.17) is 27.9 Å². The Kier molecular flexibility index (Phi) is 4.59. The summed E-state index contributed by atoms with van der Waals surface area (Å²) in [5.74, 6) is -1.54. The second-order valence-corrected chi connectivity index (χ2v) is 5.45. The number of rotatable bonds is 4. The summed E-state index contributed by atoms with van der Waals surface area (Å²) < 4.78 is 4.71. The van der Waals surface area contributed by atoms with Gasteiger partial charge < -0.3 is 14.9 Å². The van der Waals surface area contributed by atoms with Crippen LogP contribution in [0.15, 0.2) is 6.07 Å². The summed E-state index contributed by atoms with van der Waals surface area (Å²) in [6, 6.07) is -1.85. The fourth-order valence-corrected chi connectivity index (χ4v) is 2.30. The number of carbonyl (C=O) groups excluding carboxylic acids is 1. The number of benzene rings is 1. The van der Waals surface area contributed by atoms with Gasteiger partial charge in [-0.25, -0.2) is 0 Å². The summed E-state index contributed by atoms with van der Waals surface area (Å²) in [6.45, 7) is 1.85. The molecule has 1 aromatic carbocycles. The molecule has 4 N–H and O–H groups in total. The van der Waals surface area contributed by atoms with Gasteiger partial charge in [0.2, 0.25) is 0 Å². The number of anilines is 2. The van der Waals surface area contributed by atoms with Crippen molar-refractivity contribution in [3.8, 4) is 5.75 Å². The van der Waals surface area contributed by atoms with Gasteiger partial charge in [0.05, 0.1) is 5.02 Å². The van der Waals surface area contributed by atoms with Gasteiger partial charge in [-0.2, -0.15) is 10.1 Å². The van der Waals surface area contributed by atoms with Crippen LogP contribution in [-0.2, 0) is 9.53 Å². The minimum absolute atomic E-state index is 0.0102. The summed E-state index contributed by atoms with van der Waals surface area (Å²) in [5.41, 5.74) is -0.747. The molecule has 0 fully saturated rings. The largest absolute Gasteiger partial charge is 0.504 e. The van der Waals surface area contributed by atoms with Crippen LogP contribution in [0.25, 0.3) is 0 Å². The summed E-state index contributed by atoms with van der Waals surface area (Å²) in [6.07, 6.45) is 1.19. The zero-order valence-corrected chi connectivity index (χ0v) is 13.0. The fraction of sp³-hybridized carbons (Fsp3) is 0.417. The molecule has 0 saturated carbocycles. The Morgan fingerprint density at radius 1 is 1.36 bits per heavy atom. The normalized spacial score (nSPS) is 20.3. The number of aromatic hydroxyl groups is 1. The lowest BCUT2D eigenvalue weighted by atomic mass is 10.2. The molecule has 1 aliphatic rings. The lowest BCUT2D eigenvalue weighted by Crippen LogP contribution is -2.58. The number of hydrogen-bond donors (Lipinski definition) is 4. The van der Waals surface area contributed by atoms with Crippen LogP contribution < -0.4 is 10.1 Å². The molecule has 8 nitrogen and oxygen atoms in total. The van der Waals surface area contributed by atoms with Crippen molar-refractivity contribution >= 4 is 40.5 Å². The number of hydroxylamine groups is 2. The quantitative estimate of drug-likeness (QED) is 0.482. The zero-order valence-electron chi connectivity index (χ0n) is 11.5. The van der Waals surface area contributed by atoms with Gasteiger partial charge >= 0.3 is 12.0 Å². The number of esters is 1. The lowest BCUT2D eigenvalue weighted by molar-refractivity contribution is -0.249. The third-order valence-electron chi connectivity index (χ3n) is 3.12. The maximum absolute atomic E-state index is 11.7. The van der Waals surface area contributed by atoms with E-state index >= 15 is 0 Å². The van der Waals surface area contributed by atoms with Gasteiger partial charge in [-0.1, -0.05) is 36.5 Å². The summed E-state index contributed by atoms with van der Waals surface area (Å²) in [4.78, 5) is 11.7. The van der Waals surface area contributed by atoms with Crippen molar-refractivity contribution in [2.45, 2.75) is 32.2 Å². The molecule has 10 heteroatoms. The molecule has 2 rings (SSSR count). The van der Waals surface area contributed by atoms with E-state index < -0.39 is 23.4 Å². The molecule has 1 atom stereocenters. The average molecular weight is 353 g/mol. The molecule has 1 aliphatic heterocycles. The standard InChI is InChI=1S/C12H14Cl2N2O6/c1-2-3-4-8(17)22-12(19)15(20)7-5-6(13)9(14)11(18)10(7)16(12)21/h5,18-21H,2-4H2,1H3. The van der Waals surface area contributed by atoms with E-state index in [1.54, 1.807) is 0 Å². The molecule has 0 radical (unpaired) electrons. The Hall–Kier alpha value is -1.45. The maximum Gasteiger partial charge on any atom is 0.434 e. The monoisotopic (exact) mass is 352 g/mol. The Balaban J connectivity index is 2.37. The number of aliphatic hydroxyl groups is 1. The van der Waals surface area contributed by atoms with Gasteiger partial charge in [0.25, 0.3) is 0 Å². The Labute approximate surface area is 135 Å². The van der Waals surface area contributed by atoms with E-state index in [-0.39, 0.29) is 32.3 Å². The van der Waals surface area contributed by atoms with Gasteiger partial charge in [0.1, 0.15) is 16.4 Å². The predicted octanol–water partition coefficient (Wildman–Crippen LogP) is 2.44. The Bertz CT molecular complexity index is 614. The van der Waals surface area contributed by atoms with E-state index in [1.165, 1.54) is 0 Å². The first-order valence-electron chi connectivity index (χ1n) is 6.37. The highest BCUT2D eigenvalue weighted by Gasteiger charge is 2.55. The summed E-state index contributed by atoms with van der Waals surface area (Å²) in [7, 11) is 0. The predicted molar refractivity (Wildman–Crippen MR) is 77.2 cm³/mol. The third kappa shape index (κ3) is 2.53. The first-order chi connectivity index (χ1) is 10.2. The summed E-state index contributed by atoms with van der Waals surface area (Å²) in [5, 5.41) is 39.7. The average Bonchev–Trinajstić information content (AvgIpc) is 2.65. The zero-order chi connectivity index (χ0) is 16.7. The second kappa shape index (κ2) is 5.98. The van der Waals surface area contributed by atoms with Gasteiger partial charge in [-0.3, -0.25) is 15.2 Å². The molecular weight excluding hydrogens is 339 g/mol. The Morgan fingerprint density at radius 3 is 2.59 bits per heavy atom. The van der Waals surface area contributed by atoms with Crippen molar-refractivity contribution < 1.29 is 30.2 Å². The molecule has 122 valence electrons. The smallest absolute Gasteiger partial charge is 0.434 e. The van der Waals surface area contributed by atoms with Crippen LogP contribution in [0.5, 0.6) is 5.75 Å². The molecule has 0 amide bonds. The highest BCUT2D eigenvalue weighted by molar-refractivity contribution is 6.43. The van der Waals surface area contributed by atoms with Crippen LogP contribution in [0.2, 0.25) is 10.0 Å². The van der Waals surface area contributed by atoms with Gasteiger partial charge in [0.15, 0.2) is 5.75 Å². The van der Waals surface area contributed by atoms with Gasteiger partial charge in [0, 0.05) is 6.42 Å². The van der Waals surface area contributed by atoms with Crippen molar-refractivity contribution in [1.29, 1.82) is 0 Å².